The zero-order valence-corrected chi connectivity index (χ0v) is 29.9. The summed E-state index contributed by atoms with van der Waals surface area (Å²) in [5.41, 5.74) is 17.0. The fraction of sp³-hybridized carbons (Fsp3) is 0.115. The van der Waals surface area contributed by atoms with Crippen LogP contribution in [0.25, 0.3) is 61.5 Å². The average Bonchev–Trinajstić information content (AvgIpc) is 3.24. The molecule has 3 aliphatic carbocycles. The van der Waals surface area contributed by atoms with E-state index < -0.39 is 0 Å². The minimum absolute atomic E-state index is 1.07. The lowest BCUT2D eigenvalue weighted by Gasteiger charge is -2.27. The highest BCUT2D eigenvalue weighted by Gasteiger charge is 2.19. The molecular weight excluding hydrogens is 639 g/mol. The Morgan fingerprint density at radius 2 is 1.02 bits per heavy atom. The van der Waals surface area contributed by atoms with E-state index in [1.165, 1.54) is 77.2 Å². The molecule has 0 aliphatic heterocycles. The molecule has 0 aromatic heterocycles. The Kier molecular flexibility index (Phi) is 7.99. The third kappa shape index (κ3) is 5.74. The molecule has 0 saturated heterocycles. The fourth-order valence-electron chi connectivity index (χ4n) is 8.80. The number of rotatable bonds is 6. The van der Waals surface area contributed by atoms with Crippen molar-refractivity contribution in [3.05, 3.63) is 192 Å². The molecule has 0 radical (unpaired) electrons. The molecule has 0 amide bonds. The van der Waals surface area contributed by atoms with Crippen LogP contribution in [0.4, 0.5) is 17.1 Å². The van der Waals surface area contributed by atoms with Gasteiger partial charge >= 0.3 is 0 Å². The van der Waals surface area contributed by atoms with Gasteiger partial charge in [-0.3, -0.25) is 0 Å². The third-order valence-corrected chi connectivity index (χ3v) is 11.5. The van der Waals surface area contributed by atoms with Crippen LogP contribution >= 0.6 is 0 Å². The van der Waals surface area contributed by atoms with Crippen LogP contribution in [0.5, 0.6) is 0 Å². The van der Waals surface area contributed by atoms with Crippen LogP contribution in [0.3, 0.4) is 0 Å². The summed E-state index contributed by atoms with van der Waals surface area (Å²) in [6.45, 7) is 0. The van der Waals surface area contributed by atoms with Crippen LogP contribution in [0, 0.1) is 0 Å². The molecule has 7 aromatic carbocycles. The average molecular weight is 680 g/mol. The molecule has 0 spiro atoms. The van der Waals surface area contributed by atoms with Gasteiger partial charge in [0.15, 0.2) is 0 Å². The van der Waals surface area contributed by atoms with Gasteiger partial charge in [-0.2, -0.15) is 0 Å². The molecule has 254 valence electrons. The summed E-state index contributed by atoms with van der Waals surface area (Å²) in [4.78, 5) is 2.40. The SMILES string of the molecule is C1=CCCC(c2ccc(N(c3ccc(-c4cc5ccccc5c5c4CCC=C5)cc3)c3ccc(-c4cc5c(c6ccccc46)C=CCC5)cc3)cc2)=C1. The highest BCUT2D eigenvalue weighted by Crippen LogP contribution is 2.42. The Bertz CT molecular complexity index is 2630. The number of aryl methyl sites for hydroxylation is 1. The van der Waals surface area contributed by atoms with E-state index in [4.69, 9.17) is 0 Å². The number of allylic oxidation sites excluding steroid dienone is 6. The van der Waals surface area contributed by atoms with Crippen molar-refractivity contribution < 1.29 is 0 Å². The van der Waals surface area contributed by atoms with Gasteiger partial charge in [0.2, 0.25) is 0 Å². The number of anilines is 3. The van der Waals surface area contributed by atoms with Gasteiger partial charge in [-0.05, 0) is 164 Å². The number of hydrogen-bond acceptors (Lipinski definition) is 1. The van der Waals surface area contributed by atoms with Crippen molar-refractivity contribution in [1.82, 2.24) is 0 Å². The largest absolute Gasteiger partial charge is 0.311 e. The number of benzene rings is 7. The van der Waals surface area contributed by atoms with E-state index in [-0.39, 0.29) is 0 Å². The topological polar surface area (TPSA) is 3.24 Å². The fourth-order valence-corrected chi connectivity index (χ4v) is 8.80. The summed E-state index contributed by atoms with van der Waals surface area (Å²) in [6, 6.07) is 50.1. The molecule has 0 saturated carbocycles. The maximum Gasteiger partial charge on any atom is 0.0462 e. The van der Waals surface area contributed by atoms with Gasteiger partial charge in [0.25, 0.3) is 0 Å². The molecule has 1 nitrogen and oxygen atoms in total. The molecule has 0 atom stereocenters. The quantitative estimate of drug-likeness (QED) is 0.169. The summed E-state index contributed by atoms with van der Waals surface area (Å²) >= 11 is 0. The van der Waals surface area contributed by atoms with Crippen molar-refractivity contribution >= 4 is 56.3 Å². The normalized spacial score (nSPS) is 14.6. The Labute approximate surface area is 312 Å². The summed E-state index contributed by atoms with van der Waals surface area (Å²) in [6.07, 6.45) is 22.5. The highest BCUT2D eigenvalue weighted by molar-refractivity contribution is 6.03. The second kappa shape index (κ2) is 13.4. The van der Waals surface area contributed by atoms with E-state index in [0.29, 0.717) is 0 Å². The molecule has 1 heteroatoms. The maximum absolute atomic E-state index is 2.43. The first-order valence-corrected chi connectivity index (χ1v) is 19.2. The van der Waals surface area contributed by atoms with E-state index >= 15 is 0 Å². The summed E-state index contributed by atoms with van der Waals surface area (Å²) in [7, 11) is 0. The van der Waals surface area contributed by atoms with E-state index in [1.807, 2.05) is 0 Å². The van der Waals surface area contributed by atoms with Crippen molar-refractivity contribution in [3.63, 3.8) is 0 Å². The third-order valence-electron chi connectivity index (χ3n) is 11.5. The Hall–Kier alpha value is -6.18. The van der Waals surface area contributed by atoms with Crippen molar-refractivity contribution in [2.45, 2.75) is 38.5 Å². The molecule has 0 unspecified atom stereocenters. The highest BCUT2D eigenvalue weighted by atomic mass is 15.1. The molecule has 0 N–H and O–H groups in total. The van der Waals surface area contributed by atoms with Crippen molar-refractivity contribution in [1.29, 1.82) is 0 Å². The first kappa shape index (κ1) is 31.5. The maximum atomic E-state index is 2.43. The van der Waals surface area contributed by atoms with Gasteiger partial charge in [0, 0.05) is 17.1 Å². The Balaban J connectivity index is 1.06. The number of nitrogens with zero attached hydrogens (tertiary/aromatic N) is 1. The van der Waals surface area contributed by atoms with Crippen molar-refractivity contribution in [2.75, 3.05) is 4.90 Å². The van der Waals surface area contributed by atoms with Crippen LogP contribution in [0.1, 0.15) is 53.5 Å². The first-order valence-electron chi connectivity index (χ1n) is 19.2. The molecule has 53 heavy (non-hydrogen) atoms. The van der Waals surface area contributed by atoms with Crippen LogP contribution < -0.4 is 4.90 Å². The van der Waals surface area contributed by atoms with Gasteiger partial charge in [0.1, 0.15) is 0 Å². The molecule has 3 aliphatic rings. The van der Waals surface area contributed by atoms with Crippen LogP contribution in [-0.2, 0) is 12.8 Å². The zero-order valence-electron chi connectivity index (χ0n) is 29.9. The van der Waals surface area contributed by atoms with Crippen molar-refractivity contribution in [3.8, 4) is 22.3 Å². The smallest absolute Gasteiger partial charge is 0.0462 e. The lowest BCUT2D eigenvalue weighted by Crippen LogP contribution is -2.10. The van der Waals surface area contributed by atoms with E-state index in [0.717, 1.165) is 55.6 Å². The minimum Gasteiger partial charge on any atom is -0.311 e. The molecule has 0 heterocycles. The first-order chi connectivity index (χ1) is 26.3. The number of hydrogen-bond donors (Lipinski definition) is 0. The predicted octanol–water partition coefficient (Wildman–Crippen LogP) is 14.4. The Morgan fingerprint density at radius 3 is 1.72 bits per heavy atom. The molecule has 7 aromatic rings. The molecule has 0 fully saturated rings. The summed E-state index contributed by atoms with van der Waals surface area (Å²) < 4.78 is 0. The minimum atomic E-state index is 1.07. The second-order valence-electron chi connectivity index (χ2n) is 14.6. The van der Waals surface area contributed by atoms with Crippen LogP contribution in [0.2, 0.25) is 0 Å². The predicted molar refractivity (Wildman–Crippen MR) is 228 cm³/mol. The van der Waals surface area contributed by atoms with E-state index in [9.17, 15) is 0 Å². The molecule has 0 bridgehead atoms. The Morgan fingerprint density at radius 1 is 0.434 bits per heavy atom. The summed E-state index contributed by atoms with van der Waals surface area (Å²) in [5.74, 6) is 0. The van der Waals surface area contributed by atoms with Crippen molar-refractivity contribution in [2.24, 2.45) is 0 Å². The second-order valence-corrected chi connectivity index (χ2v) is 14.6. The van der Waals surface area contributed by atoms with Gasteiger partial charge < -0.3 is 4.90 Å². The summed E-state index contributed by atoms with van der Waals surface area (Å²) in [5, 5.41) is 5.29. The molecular formula is C52H41N. The van der Waals surface area contributed by atoms with Crippen LogP contribution in [-0.4, -0.2) is 0 Å². The van der Waals surface area contributed by atoms with Gasteiger partial charge in [-0.1, -0.05) is 127 Å². The van der Waals surface area contributed by atoms with E-state index in [1.54, 1.807) is 0 Å². The lowest BCUT2D eigenvalue weighted by molar-refractivity contribution is 0.990. The van der Waals surface area contributed by atoms with E-state index in [2.05, 4.69) is 181 Å². The standard InChI is InChI=1S/C52H41N/c1-2-12-36(13-3-1)37-22-28-42(29-23-37)53(43-30-24-38(25-31-43)51-34-40-14-4-6-16-45(40)47-18-8-10-20-49(47)51)44-32-26-39(27-33-44)52-35-41-15-5-7-17-46(41)48-19-9-11-21-50(48)52/h1-2,4,6-9,11-12,14,16-19,21-35H,3,5,10,13,15,20H2. The van der Waals surface area contributed by atoms with Crippen LogP contribution in [0.15, 0.2) is 164 Å². The number of fused-ring (bicyclic) bond motifs is 6. The zero-order chi connectivity index (χ0) is 35.1. The molecule has 10 rings (SSSR count). The monoisotopic (exact) mass is 679 g/mol. The lowest BCUT2D eigenvalue weighted by atomic mass is 9.85. The van der Waals surface area contributed by atoms with Gasteiger partial charge in [0.05, 0.1) is 0 Å². The van der Waals surface area contributed by atoms with Gasteiger partial charge in [-0.15, -0.1) is 0 Å². The van der Waals surface area contributed by atoms with Gasteiger partial charge in [-0.25, -0.2) is 0 Å².